The maximum Gasteiger partial charge on any atom is 0.270 e. The molecule has 2 aliphatic heterocycles. The first-order valence-corrected chi connectivity index (χ1v) is 13.2. The molecule has 3 heterocycles. The van der Waals surface area contributed by atoms with Gasteiger partial charge in [0.25, 0.3) is 11.5 Å². The van der Waals surface area contributed by atoms with Gasteiger partial charge in [-0.15, -0.1) is 0 Å². The van der Waals surface area contributed by atoms with E-state index in [4.69, 9.17) is 17.0 Å². The molecule has 1 amide bonds. The van der Waals surface area contributed by atoms with Gasteiger partial charge in [0, 0.05) is 32.2 Å². The fraction of sp³-hybridized carbons (Fsp3) is 0.407. The van der Waals surface area contributed by atoms with Gasteiger partial charge in [-0.3, -0.25) is 19.1 Å². The molecule has 2 aromatic rings. The van der Waals surface area contributed by atoms with E-state index in [1.807, 2.05) is 30.3 Å². The van der Waals surface area contributed by atoms with Gasteiger partial charge in [-0.1, -0.05) is 43.0 Å². The highest BCUT2D eigenvalue weighted by atomic mass is 32.2. The molecule has 1 unspecified atom stereocenters. The number of carbonyl (C=O) groups is 1. The zero-order chi connectivity index (χ0) is 26.0. The highest BCUT2D eigenvalue weighted by molar-refractivity contribution is 8.26. The molecule has 7 nitrogen and oxygen atoms in total. The molecule has 0 spiro atoms. The second kappa shape index (κ2) is 10.9. The third-order valence-electron chi connectivity index (χ3n) is 6.86. The van der Waals surface area contributed by atoms with Crippen molar-refractivity contribution >= 4 is 46.1 Å². The monoisotopic (exact) mass is 522 g/mol. The van der Waals surface area contributed by atoms with Gasteiger partial charge in [-0.2, -0.15) is 5.26 Å². The van der Waals surface area contributed by atoms with Crippen LogP contribution >= 0.6 is 24.0 Å². The van der Waals surface area contributed by atoms with Gasteiger partial charge >= 0.3 is 0 Å². The zero-order valence-corrected chi connectivity index (χ0v) is 22.7. The number of rotatable bonds is 6. The Morgan fingerprint density at radius 1 is 1.28 bits per heavy atom. The number of piperidine rings is 1. The van der Waals surface area contributed by atoms with Crippen molar-refractivity contribution < 1.29 is 9.53 Å². The fourth-order valence-corrected chi connectivity index (χ4v) is 6.12. The van der Waals surface area contributed by atoms with Gasteiger partial charge in [-0.25, -0.2) is 0 Å². The predicted molar refractivity (Wildman–Crippen MR) is 148 cm³/mol. The molecule has 1 aromatic heterocycles. The van der Waals surface area contributed by atoms with Crippen LogP contribution in [0.25, 0.3) is 6.08 Å². The van der Waals surface area contributed by atoms with Crippen LogP contribution in [0.4, 0.5) is 5.82 Å². The lowest BCUT2D eigenvalue weighted by molar-refractivity contribution is -0.122. The second-order valence-corrected chi connectivity index (χ2v) is 11.0. The van der Waals surface area contributed by atoms with Crippen LogP contribution in [0, 0.1) is 24.2 Å². The predicted octanol–water partition coefficient (Wildman–Crippen LogP) is 4.25. The molecule has 188 valence electrons. The van der Waals surface area contributed by atoms with Crippen LogP contribution < -0.4 is 15.2 Å². The van der Waals surface area contributed by atoms with Crippen LogP contribution in [-0.2, 0) is 18.3 Å². The van der Waals surface area contributed by atoms with E-state index in [-0.39, 0.29) is 17.0 Å². The smallest absolute Gasteiger partial charge is 0.270 e. The Kier molecular flexibility index (Phi) is 7.86. The van der Waals surface area contributed by atoms with E-state index in [9.17, 15) is 14.9 Å². The number of thiocarbonyl (C=S) groups is 1. The summed E-state index contributed by atoms with van der Waals surface area (Å²) in [6, 6.07) is 9.83. The van der Waals surface area contributed by atoms with Gasteiger partial charge in [0.2, 0.25) is 0 Å². The summed E-state index contributed by atoms with van der Waals surface area (Å²) in [5.41, 5.74) is 2.21. The van der Waals surface area contributed by atoms with Crippen LogP contribution in [0.3, 0.4) is 0 Å². The van der Waals surface area contributed by atoms with Crippen molar-refractivity contribution in [3.8, 4) is 11.8 Å². The van der Waals surface area contributed by atoms with E-state index in [1.165, 1.54) is 11.8 Å². The third-order valence-corrected chi connectivity index (χ3v) is 8.23. The van der Waals surface area contributed by atoms with Gasteiger partial charge in [0.05, 0.1) is 12.0 Å². The van der Waals surface area contributed by atoms with Gasteiger partial charge < -0.3 is 9.64 Å². The van der Waals surface area contributed by atoms with Gasteiger partial charge in [0.1, 0.15) is 27.5 Å². The number of amides is 1. The summed E-state index contributed by atoms with van der Waals surface area (Å²) < 4.78 is 7.28. The minimum Gasteiger partial charge on any atom is -0.497 e. The van der Waals surface area contributed by atoms with Crippen LogP contribution in [0.5, 0.6) is 5.75 Å². The number of hydrogen-bond donors (Lipinski definition) is 0. The molecular weight excluding hydrogens is 492 g/mol. The molecule has 4 rings (SSSR count). The van der Waals surface area contributed by atoms with E-state index in [0.29, 0.717) is 33.7 Å². The summed E-state index contributed by atoms with van der Waals surface area (Å²) in [7, 11) is 3.33. The summed E-state index contributed by atoms with van der Waals surface area (Å²) in [5.74, 6) is 1.89. The first kappa shape index (κ1) is 26.0. The number of carbonyl (C=O) groups excluding carboxylic acids is 1. The van der Waals surface area contributed by atoms with E-state index >= 15 is 0 Å². The maximum absolute atomic E-state index is 13.4. The highest BCUT2D eigenvalue weighted by Gasteiger charge is 2.33. The molecule has 1 aromatic carbocycles. The topological polar surface area (TPSA) is 78.6 Å². The minimum absolute atomic E-state index is 0.104. The summed E-state index contributed by atoms with van der Waals surface area (Å²) in [6.07, 6.45) is 4.65. The normalized spacial score (nSPS) is 19.2. The SMILES string of the molecule is COc1ccc(CCN2C(=O)/C(=C\c3c(C)c(C#N)c(=O)n(C)c3N3CCCC(C)C3)SC2=S)cc1. The standard InChI is InChI=1S/C27H30N4O3S2/c1-17-6-5-12-30(16-17)24-21(18(2)22(15-28)25(32)29(24)3)14-23-26(33)31(27(35)36-23)13-11-19-7-9-20(34-4)10-8-19/h7-10,14,17H,5-6,11-13,16H2,1-4H3/b23-14+. The Balaban J connectivity index is 1.67. The van der Waals surface area contributed by atoms with Crippen LogP contribution in [0.2, 0.25) is 0 Å². The van der Waals surface area contributed by atoms with Crippen molar-refractivity contribution in [2.75, 3.05) is 31.6 Å². The van der Waals surface area contributed by atoms with E-state index in [2.05, 4.69) is 17.9 Å². The second-order valence-electron chi connectivity index (χ2n) is 9.34. The fourth-order valence-electron chi connectivity index (χ4n) is 4.83. The summed E-state index contributed by atoms with van der Waals surface area (Å²) in [4.78, 5) is 30.7. The number of hydrogen-bond acceptors (Lipinski definition) is 7. The van der Waals surface area contributed by atoms with Crippen LogP contribution in [0.1, 0.15) is 42.0 Å². The van der Waals surface area contributed by atoms with Gasteiger partial charge in [-0.05, 0) is 61.4 Å². The highest BCUT2D eigenvalue weighted by Crippen LogP contribution is 2.36. The lowest BCUT2D eigenvalue weighted by Gasteiger charge is -2.35. The average molecular weight is 523 g/mol. The summed E-state index contributed by atoms with van der Waals surface area (Å²) in [6.45, 7) is 6.11. The maximum atomic E-state index is 13.4. The van der Waals surface area contributed by atoms with E-state index in [0.717, 1.165) is 48.6 Å². The molecule has 2 fully saturated rings. The number of benzene rings is 1. The van der Waals surface area contributed by atoms with Crippen molar-refractivity contribution in [2.24, 2.45) is 13.0 Å². The quantitative estimate of drug-likeness (QED) is 0.414. The molecule has 0 aliphatic carbocycles. The largest absolute Gasteiger partial charge is 0.497 e. The number of nitrogens with zero attached hydrogens (tertiary/aromatic N) is 4. The Labute approximate surface area is 221 Å². The first-order chi connectivity index (χ1) is 17.2. The minimum atomic E-state index is -0.313. The number of anilines is 1. The number of methoxy groups -OCH3 is 1. The van der Waals surface area contributed by atoms with E-state index < -0.39 is 0 Å². The Bertz CT molecular complexity index is 1320. The van der Waals surface area contributed by atoms with Crippen molar-refractivity contribution in [1.82, 2.24) is 9.47 Å². The van der Waals surface area contributed by atoms with Crippen LogP contribution in [-0.4, -0.2) is 46.4 Å². The van der Waals surface area contributed by atoms with Crippen LogP contribution in [0.15, 0.2) is 34.0 Å². The number of thioether (sulfide) groups is 1. The van der Waals surface area contributed by atoms with Gasteiger partial charge in [0.15, 0.2) is 0 Å². The molecular formula is C27H30N4O3S2. The summed E-state index contributed by atoms with van der Waals surface area (Å²) in [5, 5.41) is 9.69. The Morgan fingerprint density at radius 3 is 2.64 bits per heavy atom. The summed E-state index contributed by atoms with van der Waals surface area (Å²) >= 11 is 6.82. The third kappa shape index (κ3) is 5.06. The zero-order valence-electron chi connectivity index (χ0n) is 21.0. The Hall–Kier alpha value is -3.09. The lowest BCUT2D eigenvalue weighted by Crippen LogP contribution is -2.39. The average Bonchev–Trinajstić information content (AvgIpc) is 3.13. The number of ether oxygens (including phenoxy) is 1. The molecule has 36 heavy (non-hydrogen) atoms. The van der Waals surface area contributed by atoms with Crippen molar-refractivity contribution in [3.05, 3.63) is 61.8 Å². The molecule has 9 heteroatoms. The molecule has 1 atom stereocenters. The first-order valence-electron chi connectivity index (χ1n) is 12.0. The molecule has 0 radical (unpaired) electrons. The van der Waals surface area contributed by atoms with Crippen molar-refractivity contribution in [2.45, 2.75) is 33.1 Å². The van der Waals surface area contributed by atoms with Crippen molar-refractivity contribution in [3.63, 3.8) is 0 Å². The molecule has 2 aliphatic rings. The number of aromatic nitrogens is 1. The molecule has 0 N–H and O–H groups in total. The van der Waals surface area contributed by atoms with Crippen molar-refractivity contribution in [1.29, 1.82) is 5.26 Å². The molecule has 0 bridgehead atoms. The lowest BCUT2D eigenvalue weighted by atomic mass is 9.98. The van der Waals surface area contributed by atoms with E-state index in [1.54, 1.807) is 30.5 Å². The molecule has 0 saturated carbocycles. The number of pyridine rings is 1. The molecule has 2 saturated heterocycles. The Morgan fingerprint density at radius 2 is 2.00 bits per heavy atom. The number of nitriles is 1.